The average molecular weight is 223 g/mol. The van der Waals surface area contributed by atoms with Crippen molar-refractivity contribution in [1.29, 1.82) is 0 Å². The van der Waals surface area contributed by atoms with Crippen LogP contribution in [0.25, 0.3) is 0 Å². The van der Waals surface area contributed by atoms with Crippen LogP contribution in [0.2, 0.25) is 0 Å². The minimum Gasteiger partial charge on any atom is -0.378 e. The zero-order valence-corrected chi connectivity index (χ0v) is 9.93. The van der Waals surface area contributed by atoms with Crippen LogP contribution in [-0.4, -0.2) is 28.5 Å². The Balaban J connectivity index is 1.69. The molecule has 1 saturated heterocycles. The standard InChI is InChI=1S/C12H21N3O/c1-15-7-6-11(14-15)9-10(13)4-5-12-3-2-8-16-12/h6-7,10,12H,2-5,8-9,13H2,1H3. The van der Waals surface area contributed by atoms with Crippen LogP contribution in [0.4, 0.5) is 0 Å². The van der Waals surface area contributed by atoms with Crippen molar-refractivity contribution in [3.63, 3.8) is 0 Å². The average Bonchev–Trinajstić information content (AvgIpc) is 2.87. The first-order valence-electron chi connectivity index (χ1n) is 6.10. The first kappa shape index (κ1) is 11.6. The Morgan fingerprint density at radius 3 is 3.19 bits per heavy atom. The van der Waals surface area contributed by atoms with E-state index in [4.69, 9.17) is 10.5 Å². The van der Waals surface area contributed by atoms with Crippen molar-refractivity contribution < 1.29 is 4.74 Å². The minimum absolute atomic E-state index is 0.207. The zero-order valence-electron chi connectivity index (χ0n) is 9.93. The third kappa shape index (κ3) is 3.32. The van der Waals surface area contributed by atoms with Gasteiger partial charge >= 0.3 is 0 Å². The molecule has 2 unspecified atom stereocenters. The van der Waals surface area contributed by atoms with Crippen LogP contribution in [0.1, 0.15) is 31.4 Å². The van der Waals surface area contributed by atoms with Gasteiger partial charge in [0, 0.05) is 32.3 Å². The lowest BCUT2D eigenvalue weighted by Crippen LogP contribution is -2.24. The molecule has 90 valence electrons. The first-order valence-corrected chi connectivity index (χ1v) is 6.10. The molecule has 2 N–H and O–H groups in total. The fourth-order valence-electron chi connectivity index (χ4n) is 2.21. The van der Waals surface area contributed by atoms with Crippen LogP contribution in [0.3, 0.4) is 0 Å². The Morgan fingerprint density at radius 2 is 2.56 bits per heavy atom. The molecule has 1 aliphatic rings. The van der Waals surface area contributed by atoms with Gasteiger partial charge in [-0.25, -0.2) is 0 Å². The highest BCUT2D eigenvalue weighted by atomic mass is 16.5. The summed E-state index contributed by atoms with van der Waals surface area (Å²) in [5.74, 6) is 0. The van der Waals surface area contributed by atoms with Crippen molar-refractivity contribution in [2.45, 2.75) is 44.2 Å². The third-order valence-corrected chi connectivity index (χ3v) is 3.12. The molecule has 4 heteroatoms. The van der Waals surface area contributed by atoms with Crippen LogP contribution in [-0.2, 0) is 18.2 Å². The van der Waals surface area contributed by atoms with E-state index in [-0.39, 0.29) is 6.04 Å². The maximum absolute atomic E-state index is 6.09. The Bertz CT molecular complexity index is 318. The molecule has 0 aliphatic carbocycles. The van der Waals surface area contributed by atoms with Crippen LogP contribution in [0.15, 0.2) is 12.3 Å². The summed E-state index contributed by atoms with van der Waals surface area (Å²) in [6, 6.07) is 2.24. The van der Waals surface area contributed by atoms with Gasteiger partial charge in [-0.05, 0) is 31.7 Å². The van der Waals surface area contributed by atoms with E-state index in [2.05, 4.69) is 5.10 Å². The SMILES string of the molecule is Cn1ccc(CC(N)CCC2CCCO2)n1. The molecule has 0 radical (unpaired) electrons. The molecule has 4 nitrogen and oxygen atoms in total. The molecule has 1 aromatic heterocycles. The van der Waals surface area contributed by atoms with Gasteiger partial charge in [0.1, 0.15) is 0 Å². The normalized spacial score (nSPS) is 22.5. The maximum Gasteiger partial charge on any atom is 0.0639 e. The second kappa shape index (κ2) is 5.46. The second-order valence-corrected chi connectivity index (χ2v) is 4.66. The van der Waals surface area contributed by atoms with Crippen LogP contribution in [0, 0.1) is 0 Å². The van der Waals surface area contributed by atoms with Gasteiger partial charge in [0.25, 0.3) is 0 Å². The van der Waals surface area contributed by atoms with E-state index in [1.807, 2.05) is 24.0 Å². The molecule has 1 aromatic rings. The van der Waals surface area contributed by atoms with E-state index in [1.54, 1.807) is 0 Å². The molecule has 1 fully saturated rings. The minimum atomic E-state index is 0.207. The van der Waals surface area contributed by atoms with Gasteiger partial charge in [0.2, 0.25) is 0 Å². The molecule has 0 aromatic carbocycles. The molecular formula is C12H21N3O. The molecule has 16 heavy (non-hydrogen) atoms. The topological polar surface area (TPSA) is 53.1 Å². The molecule has 1 aliphatic heterocycles. The molecule has 0 spiro atoms. The predicted octanol–water partition coefficient (Wildman–Crippen LogP) is 1.25. The summed E-state index contributed by atoms with van der Waals surface area (Å²) >= 11 is 0. The number of aryl methyl sites for hydroxylation is 1. The first-order chi connectivity index (χ1) is 7.74. The van der Waals surface area contributed by atoms with Crippen LogP contribution in [0.5, 0.6) is 0 Å². The van der Waals surface area contributed by atoms with Gasteiger partial charge in [-0.2, -0.15) is 5.10 Å². The molecule has 0 amide bonds. The number of aromatic nitrogens is 2. The van der Waals surface area contributed by atoms with Gasteiger partial charge in [-0.15, -0.1) is 0 Å². The molecule has 2 heterocycles. The number of hydrogen-bond acceptors (Lipinski definition) is 3. The molecule has 2 rings (SSSR count). The van der Waals surface area contributed by atoms with E-state index >= 15 is 0 Å². The number of nitrogens with zero attached hydrogens (tertiary/aromatic N) is 2. The number of rotatable bonds is 5. The van der Waals surface area contributed by atoms with Crippen molar-refractivity contribution in [1.82, 2.24) is 9.78 Å². The van der Waals surface area contributed by atoms with E-state index < -0.39 is 0 Å². The Labute approximate surface area is 96.8 Å². The zero-order chi connectivity index (χ0) is 11.4. The summed E-state index contributed by atoms with van der Waals surface area (Å²) in [6.07, 6.45) is 7.82. The second-order valence-electron chi connectivity index (χ2n) is 4.66. The Morgan fingerprint density at radius 1 is 1.69 bits per heavy atom. The lowest BCUT2D eigenvalue weighted by molar-refractivity contribution is 0.101. The van der Waals surface area contributed by atoms with Crippen molar-refractivity contribution in [3.05, 3.63) is 18.0 Å². The molecule has 2 atom stereocenters. The van der Waals surface area contributed by atoms with E-state index in [0.717, 1.165) is 31.6 Å². The summed E-state index contributed by atoms with van der Waals surface area (Å²) in [5.41, 5.74) is 7.17. The van der Waals surface area contributed by atoms with Gasteiger partial charge in [-0.1, -0.05) is 0 Å². The van der Waals surface area contributed by atoms with Crippen LogP contribution < -0.4 is 5.73 Å². The highest BCUT2D eigenvalue weighted by Gasteiger charge is 2.16. The van der Waals surface area contributed by atoms with Crippen molar-refractivity contribution in [3.8, 4) is 0 Å². The summed E-state index contributed by atoms with van der Waals surface area (Å²) in [6.45, 7) is 0.931. The maximum atomic E-state index is 6.09. The van der Waals surface area contributed by atoms with Crippen molar-refractivity contribution >= 4 is 0 Å². The van der Waals surface area contributed by atoms with Gasteiger partial charge < -0.3 is 10.5 Å². The molecular weight excluding hydrogens is 202 g/mol. The lowest BCUT2D eigenvalue weighted by Gasteiger charge is -2.13. The van der Waals surface area contributed by atoms with Gasteiger partial charge in [0.15, 0.2) is 0 Å². The van der Waals surface area contributed by atoms with Crippen molar-refractivity contribution in [2.24, 2.45) is 12.8 Å². The predicted molar refractivity (Wildman–Crippen MR) is 63.1 cm³/mol. The fraction of sp³-hybridized carbons (Fsp3) is 0.750. The largest absolute Gasteiger partial charge is 0.378 e. The summed E-state index contributed by atoms with van der Waals surface area (Å²) in [7, 11) is 1.93. The Kier molecular flexibility index (Phi) is 3.96. The number of hydrogen-bond donors (Lipinski definition) is 1. The van der Waals surface area contributed by atoms with Crippen LogP contribution >= 0.6 is 0 Å². The van der Waals surface area contributed by atoms with Gasteiger partial charge in [0.05, 0.1) is 11.8 Å². The molecule has 0 saturated carbocycles. The van der Waals surface area contributed by atoms with Gasteiger partial charge in [-0.3, -0.25) is 4.68 Å². The van der Waals surface area contributed by atoms with E-state index in [9.17, 15) is 0 Å². The summed E-state index contributed by atoms with van der Waals surface area (Å²) in [4.78, 5) is 0. The quantitative estimate of drug-likeness (QED) is 0.817. The molecule has 0 bridgehead atoms. The summed E-state index contributed by atoms with van der Waals surface area (Å²) < 4.78 is 7.40. The van der Waals surface area contributed by atoms with E-state index in [0.29, 0.717) is 6.10 Å². The van der Waals surface area contributed by atoms with E-state index in [1.165, 1.54) is 12.8 Å². The highest BCUT2D eigenvalue weighted by molar-refractivity contribution is 5.00. The highest BCUT2D eigenvalue weighted by Crippen LogP contribution is 2.18. The fourth-order valence-corrected chi connectivity index (χ4v) is 2.21. The lowest BCUT2D eigenvalue weighted by atomic mass is 10.0. The number of ether oxygens (including phenoxy) is 1. The Hall–Kier alpha value is -0.870. The summed E-state index contributed by atoms with van der Waals surface area (Å²) in [5, 5.41) is 4.34. The third-order valence-electron chi connectivity index (χ3n) is 3.12. The number of nitrogens with two attached hydrogens (primary N) is 1. The monoisotopic (exact) mass is 223 g/mol. The smallest absolute Gasteiger partial charge is 0.0639 e. The van der Waals surface area contributed by atoms with Crippen molar-refractivity contribution in [2.75, 3.05) is 6.61 Å².